The number of nitrogens with zero attached hydrogens (tertiary/aromatic N) is 1. The summed E-state index contributed by atoms with van der Waals surface area (Å²) in [6.07, 6.45) is 4.16. The van der Waals surface area contributed by atoms with Crippen molar-refractivity contribution in [3.63, 3.8) is 0 Å². The molecule has 1 aliphatic heterocycles. The lowest BCUT2D eigenvalue weighted by molar-refractivity contribution is -0.125. The molecule has 128 valence electrons. The number of rotatable bonds is 5. The molecule has 1 heterocycles. The number of carbonyl (C=O) groups is 3. The topological polar surface area (TPSA) is 66.5 Å². The van der Waals surface area contributed by atoms with Crippen molar-refractivity contribution < 1.29 is 14.4 Å². The van der Waals surface area contributed by atoms with E-state index in [1.165, 1.54) is 6.42 Å². The minimum Gasteiger partial charge on any atom is -0.333 e. The second-order valence-electron chi connectivity index (χ2n) is 7.11. The molecule has 0 aromatic heterocycles. The SMILES string of the molecule is CC(C)N(C(=O)c1ccc(C[C@@H]2CC(=O)NC2=O)cc1)C1CCC1. The summed E-state index contributed by atoms with van der Waals surface area (Å²) in [5, 5.41) is 2.33. The van der Waals surface area contributed by atoms with E-state index in [0.29, 0.717) is 18.0 Å². The van der Waals surface area contributed by atoms with Crippen molar-refractivity contribution in [3.8, 4) is 0 Å². The third kappa shape index (κ3) is 3.35. The van der Waals surface area contributed by atoms with E-state index in [1.807, 2.05) is 29.2 Å². The van der Waals surface area contributed by atoms with Gasteiger partial charge in [0.15, 0.2) is 0 Å². The molecular formula is C19H24N2O3. The number of hydrogen-bond acceptors (Lipinski definition) is 3. The molecule has 1 atom stereocenters. The highest BCUT2D eigenvalue weighted by Gasteiger charge is 2.32. The summed E-state index contributed by atoms with van der Waals surface area (Å²) in [6, 6.07) is 8.01. The summed E-state index contributed by atoms with van der Waals surface area (Å²) < 4.78 is 0. The van der Waals surface area contributed by atoms with Crippen LogP contribution in [0.3, 0.4) is 0 Å². The van der Waals surface area contributed by atoms with Crippen LogP contribution < -0.4 is 5.32 Å². The zero-order valence-electron chi connectivity index (χ0n) is 14.2. The third-order valence-electron chi connectivity index (χ3n) is 5.01. The Hall–Kier alpha value is -2.17. The summed E-state index contributed by atoms with van der Waals surface area (Å²) >= 11 is 0. The van der Waals surface area contributed by atoms with Gasteiger partial charge in [0.05, 0.1) is 5.92 Å². The molecule has 5 nitrogen and oxygen atoms in total. The molecule has 0 radical (unpaired) electrons. The molecule has 1 N–H and O–H groups in total. The first kappa shape index (κ1) is 16.7. The van der Waals surface area contributed by atoms with Crippen molar-refractivity contribution in [1.29, 1.82) is 0 Å². The number of nitrogens with one attached hydrogen (secondary N) is 1. The van der Waals surface area contributed by atoms with Crippen molar-refractivity contribution in [1.82, 2.24) is 10.2 Å². The summed E-state index contributed by atoms with van der Waals surface area (Å²) in [5.74, 6) is -0.614. The van der Waals surface area contributed by atoms with Crippen molar-refractivity contribution in [2.75, 3.05) is 0 Å². The summed E-state index contributed by atoms with van der Waals surface area (Å²) in [5.41, 5.74) is 1.66. The first-order valence-electron chi connectivity index (χ1n) is 8.71. The predicted octanol–water partition coefficient (Wildman–Crippen LogP) is 2.29. The molecule has 3 rings (SSSR count). The Balaban J connectivity index is 1.68. The molecule has 2 fully saturated rings. The molecule has 1 aromatic rings. The number of carbonyl (C=O) groups excluding carboxylic acids is 3. The summed E-state index contributed by atoms with van der Waals surface area (Å²) in [4.78, 5) is 37.7. The average molecular weight is 328 g/mol. The van der Waals surface area contributed by atoms with E-state index in [1.54, 1.807) is 0 Å². The molecule has 0 bridgehead atoms. The average Bonchev–Trinajstić information content (AvgIpc) is 2.80. The molecule has 1 aliphatic carbocycles. The van der Waals surface area contributed by atoms with Crippen LogP contribution in [-0.4, -0.2) is 34.7 Å². The second-order valence-corrected chi connectivity index (χ2v) is 7.11. The van der Waals surface area contributed by atoms with Gasteiger partial charge >= 0.3 is 0 Å². The van der Waals surface area contributed by atoms with Crippen molar-refractivity contribution in [2.45, 2.75) is 58.0 Å². The van der Waals surface area contributed by atoms with Crippen LogP contribution in [0.5, 0.6) is 0 Å². The number of benzene rings is 1. The predicted molar refractivity (Wildman–Crippen MR) is 90.3 cm³/mol. The molecule has 24 heavy (non-hydrogen) atoms. The number of hydrogen-bond donors (Lipinski definition) is 1. The minimum atomic E-state index is -0.291. The van der Waals surface area contributed by atoms with E-state index in [4.69, 9.17) is 0 Å². The zero-order valence-corrected chi connectivity index (χ0v) is 14.2. The summed E-state index contributed by atoms with van der Waals surface area (Å²) in [6.45, 7) is 4.11. The van der Waals surface area contributed by atoms with Gasteiger partial charge in [-0.1, -0.05) is 12.1 Å². The first-order chi connectivity index (χ1) is 11.5. The van der Waals surface area contributed by atoms with E-state index in [9.17, 15) is 14.4 Å². The molecule has 2 aliphatic rings. The standard InChI is InChI=1S/C19H24N2O3/c1-12(2)21(16-4-3-5-16)19(24)14-8-6-13(7-9-14)10-15-11-17(22)20-18(15)23/h6-9,12,15-16H,3-5,10-11H2,1-2H3,(H,20,22,23)/t15-/m1/s1. The summed E-state index contributed by atoms with van der Waals surface area (Å²) in [7, 11) is 0. The Labute approximate surface area is 142 Å². The zero-order chi connectivity index (χ0) is 17.3. The van der Waals surface area contributed by atoms with Crippen LogP contribution in [0, 0.1) is 5.92 Å². The maximum absolute atomic E-state index is 12.8. The van der Waals surface area contributed by atoms with Gasteiger partial charge in [-0.05, 0) is 57.2 Å². The highest BCUT2D eigenvalue weighted by Crippen LogP contribution is 2.28. The van der Waals surface area contributed by atoms with Gasteiger partial charge in [-0.25, -0.2) is 0 Å². The van der Waals surface area contributed by atoms with Gasteiger partial charge in [-0.2, -0.15) is 0 Å². The van der Waals surface area contributed by atoms with E-state index in [2.05, 4.69) is 19.2 Å². The molecule has 1 saturated heterocycles. The van der Waals surface area contributed by atoms with E-state index < -0.39 is 0 Å². The smallest absolute Gasteiger partial charge is 0.254 e. The first-order valence-corrected chi connectivity index (χ1v) is 8.71. The molecule has 0 unspecified atom stereocenters. The van der Waals surface area contributed by atoms with Gasteiger partial charge in [-0.15, -0.1) is 0 Å². The number of amides is 3. The highest BCUT2D eigenvalue weighted by molar-refractivity contribution is 6.03. The highest BCUT2D eigenvalue weighted by atomic mass is 16.2. The minimum absolute atomic E-state index is 0.0787. The quantitative estimate of drug-likeness (QED) is 0.843. The van der Waals surface area contributed by atoms with Gasteiger partial charge < -0.3 is 4.90 Å². The largest absolute Gasteiger partial charge is 0.333 e. The van der Waals surface area contributed by atoms with Gasteiger partial charge in [-0.3, -0.25) is 19.7 Å². The lowest BCUT2D eigenvalue weighted by Crippen LogP contribution is -2.48. The Bertz CT molecular complexity index is 647. The lowest BCUT2D eigenvalue weighted by atomic mass is 9.90. The third-order valence-corrected chi connectivity index (χ3v) is 5.01. The van der Waals surface area contributed by atoms with Crippen LogP contribution in [0.25, 0.3) is 0 Å². The van der Waals surface area contributed by atoms with Gasteiger partial charge in [0.1, 0.15) is 0 Å². The maximum atomic E-state index is 12.8. The van der Waals surface area contributed by atoms with Gasteiger partial charge in [0.2, 0.25) is 11.8 Å². The van der Waals surface area contributed by atoms with Crippen molar-refractivity contribution >= 4 is 17.7 Å². The monoisotopic (exact) mass is 328 g/mol. The van der Waals surface area contributed by atoms with Crippen LogP contribution in [0.2, 0.25) is 0 Å². The van der Waals surface area contributed by atoms with Gasteiger partial charge in [0, 0.05) is 24.1 Å². The molecule has 0 spiro atoms. The van der Waals surface area contributed by atoms with E-state index in [-0.39, 0.29) is 36.1 Å². The van der Waals surface area contributed by atoms with E-state index in [0.717, 1.165) is 18.4 Å². The number of imide groups is 1. The Kier molecular flexibility index (Phi) is 4.69. The van der Waals surface area contributed by atoms with Crippen LogP contribution in [0.4, 0.5) is 0 Å². The van der Waals surface area contributed by atoms with E-state index >= 15 is 0 Å². The fourth-order valence-electron chi connectivity index (χ4n) is 3.48. The van der Waals surface area contributed by atoms with Crippen molar-refractivity contribution in [2.24, 2.45) is 5.92 Å². The maximum Gasteiger partial charge on any atom is 0.254 e. The van der Waals surface area contributed by atoms with Crippen molar-refractivity contribution in [3.05, 3.63) is 35.4 Å². The fraction of sp³-hybridized carbons (Fsp3) is 0.526. The van der Waals surface area contributed by atoms with Crippen LogP contribution >= 0.6 is 0 Å². The lowest BCUT2D eigenvalue weighted by Gasteiger charge is -2.40. The molecule has 3 amide bonds. The molecule has 1 saturated carbocycles. The second kappa shape index (κ2) is 6.75. The van der Waals surface area contributed by atoms with Gasteiger partial charge in [0.25, 0.3) is 5.91 Å². The molecular weight excluding hydrogens is 304 g/mol. The van der Waals surface area contributed by atoms with Crippen LogP contribution in [0.15, 0.2) is 24.3 Å². The van der Waals surface area contributed by atoms with Crippen LogP contribution in [0.1, 0.15) is 55.5 Å². The Morgan fingerprint density at radius 2 is 1.88 bits per heavy atom. The molecule has 1 aromatic carbocycles. The normalized spacial score (nSPS) is 20.9. The van der Waals surface area contributed by atoms with Crippen LogP contribution in [-0.2, 0) is 16.0 Å². The Morgan fingerprint density at radius 3 is 2.33 bits per heavy atom. The molecule has 5 heteroatoms. The fourth-order valence-corrected chi connectivity index (χ4v) is 3.48. The Morgan fingerprint density at radius 1 is 1.21 bits per heavy atom.